The first-order valence-electron chi connectivity index (χ1n) is 7.26. The molecule has 0 aromatic carbocycles. The van der Waals surface area contributed by atoms with E-state index < -0.39 is 5.97 Å². The molecule has 0 aromatic rings. The molecule has 0 spiro atoms. The lowest BCUT2D eigenvalue weighted by Gasteiger charge is -2.30. The van der Waals surface area contributed by atoms with Gasteiger partial charge in [0.25, 0.3) is 0 Å². The van der Waals surface area contributed by atoms with Crippen LogP contribution in [0, 0.1) is 5.92 Å². The number of hydrogen-bond acceptors (Lipinski definition) is 2. The summed E-state index contributed by atoms with van der Waals surface area (Å²) in [5.74, 6) is -0.0531. The Morgan fingerprint density at radius 1 is 1.26 bits per heavy atom. The van der Waals surface area contributed by atoms with Gasteiger partial charge in [0.05, 0.1) is 6.42 Å². The van der Waals surface area contributed by atoms with E-state index in [-0.39, 0.29) is 25.0 Å². The summed E-state index contributed by atoms with van der Waals surface area (Å²) >= 11 is 0. The molecule has 1 aliphatic carbocycles. The average molecular weight is 270 g/mol. The smallest absolute Gasteiger partial charge is 0.317 e. The van der Waals surface area contributed by atoms with E-state index in [0.29, 0.717) is 0 Å². The Bertz CT molecular complexity index is 299. The van der Waals surface area contributed by atoms with Crippen molar-refractivity contribution in [3.05, 3.63) is 0 Å². The van der Waals surface area contributed by atoms with Gasteiger partial charge in [0.1, 0.15) is 0 Å². The Balaban J connectivity index is 2.24. The predicted molar refractivity (Wildman–Crippen MR) is 74.1 cm³/mol. The molecule has 19 heavy (non-hydrogen) atoms. The number of aliphatic carboxylic acids is 1. The molecule has 0 saturated heterocycles. The lowest BCUT2D eigenvalue weighted by atomic mass is 9.83. The maximum Gasteiger partial charge on any atom is 0.317 e. The molecule has 0 heterocycles. The van der Waals surface area contributed by atoms with E-state index in [1.54, 1.807) is 7.05 Å². The fourth-order valence-corrected chi connectivity index (χ4v) is 2.65. The molecule has 0 radical (unpaired) electrons. The first-order valence-corrected chi connectivity index (χ1v) is 7.26. The summed E-state index contributed by atoms with van der Waals surface area (Å²) in [5, 5.41) is 11.6. The molecule has 0 unspecified atom stereocenters. The minimum Gasteiger partial charge on any atom is -0.481 e. The molecule has 110 valence electrons. The van der Waals surface area contributed by atoms with E-state index in [4.69, 9.17) is 5.11 Å². The number of urea groups is 1. The predicted octanol–water partition coefficient (Wildman–Crippen LogP) is 2.46. The highest BCUT2D eigenvalue weighted by atomic mass is 16.4. The van der Waals surface area contributed by atoms with Gasteiger partial charge in [-0.3, -0.25) is 4.79 Å². The van der Waals surface area contributed by atoms with Crippen LogP contribution < -0.4 is 5.32 Å². The van der Waals surface area contributed by atoms with Crippen LogP contribution in [-0.2, 0) is 4.79 Å². The number of nitrogens with zero attached hydrogens (tertiary/aromatic N) is 1. The third kappa shape index (κ3) is 5.94. The lowest BCUT2D eigenvalue weighted by Crippen LogP contribution is -2.45. The van der Waals surface area contributed by atoms with Crippen LogP contribution in [0.3, 0.4) is 0 Å². The number of carboxylic acids is 1. The van der Waals surface area contributed by atoms with Crippen LogP contribution in [0.15, 0.2) is 0 Å². The van der Waals surface area contributed by atoms with Crippen molar-refractivity contribution in [3.8, 4) is 0 Å². The van der Waals surface area contributed by atoms with Crippen molar-refractivity contribution in [3.63, 3.8) is 0 Å². The van der Waals surface area contributed by atoms with Gasteiger partial charge in [-0.2, -0.15) is 0 Å². The molecule has 0 aromatic heterocycles. The summed E-state index contributed by atoms with van der Waals surface area (Å²) in [6, 6.07) is 0.105. The second kappa shape index (κ2) is 8.02. The zero-order valence-corrected chi connectivity index (χ0v) is 12.0. The van der Waals surface area contributed by atoms with Crippen LogP contribution in [0.25, 0.3) is 0 Å². The Morgan fingerprint density at radius 2 is 1.89 bits per heavy atom. The van der Waals surface area contributed by atoms with Gasteiger partial charge in [-0.25, -0.2) is 4.79 Å². The zero-order chi connectivity index (χ0) is 14.3. The number of carbonyl (C=O) groups excluding carboxylic acids is 1. The van der Waals surface area contributed by atoms with Crippen molar-refractivity contribution in [2.24, 2.45) is 5.92 Å². The fraction of sp³-hybridized carbons (Fsp3) is 0.857. The number of hydrogen-bond donors (Lipinski definition) is 2. The first kappa shape index (κ1) is 15.8. The van der Waals surface area contributed by atoms with Gasteiger partial charge in [-0.1, -0.05) is 19.8 Å². The largest absolute Gasteiger partial charge is 0.481 e. The second-order valence-electron chi connectivity index (χ2n) is 5.52. The van der Waals surface area contributed by atoms with Gasteiger partial charge >= 0.3 is 12.0 Å². The van der Waals surface area contributed by atoms with Crippen molar-refractivity contribution >= 4 is 12.0 Å². The van der Waals surface area contributed by atoms with Crippen LogP contribution >= 0.6 is 0 Å². The SMILES string of the molecule is CCCC1CCC(NC(=O)N(C)CCC(=O)O)CC1. The van der Waals surface area contributed by atoms with Crippen LogP contribution in [-0.4, -0.2) is 41.6 Å². The van der Waals surface area contributed by atoms with Gasteiger partial charge in [0.2, 0.25) is 0 Å². The quantitative estimate of drug-likeness (QED) is 0.779. The van der Waals surface area contributed by atoms with Crippen molar-refractivity contribution in [2.45, 2.75) is 57.9 Å². The summed E-state index contributed by atoms with van der Waals surface area (Å²) in [6.07, 6.45) is 6.99. The summed E-state index contributed by atoms with van der Waals surface area (Å²) < 4.78 is 0. The number of carboxylic acid groups (broad SMARTS) is 1. The minimum atomic E-state index is -0.875. The topological polar surface area (TPSA) is 69.6 Å². The number of carbonyl (C=O) groups is 2. The third-order valence-corrected chi connectivity index (χ3v) is 3.88. The highest BCUT2D eigenvalue weighted by molar-refractivity contribution is 5.75. The third-order valence-electron chi connectivity index (χ3n) is 3.88. The number of rotatable bonds is 6. The molecular weight excluding hydrogens is 244 g/mol. The van der Waals surface area contributed by atoms with Crippen LogP contribution in [0.1, 0.15) is 51.9 Å². The van der Waals surface area contributed by atoms with E-state index in [1.165, 1.54) is 30.6 Å². The fourth-order valence-electron chi connectivity index (χ4n) is 2.65. The van der Waals surface area contributed by atoms with Gasteiger partial charge in [0, 0.05) is 19.6 Å². The van der Waals surface area contributed by atoms with Gasteiger partial charge in [-0.15, -0.1) is 0 Å². The maximum absolute atomic E-state index is 11.9. The Morgan fingerprint density at radius 3 is 2.42 bits per heavy atom. The summed E-state index contributed by atoms with van der Waals surface area (Å²) in [5.41, 5.74) is 0. The monoisotopic (exact) mass is 270 g/mol. The van der Waals surface area contributed by atoms with Gasteiger partial charge < -0.3 is 15.3 Å². The molecule has 2 amide bonds. The Kier molecular flexibility index (Phi) is 6.67. The summed E-state index contributed by atoms with van der Waals surface area (Å²) in [7, 11) is 1.64. The maximum atomic E-state index is 11.9. The number of nitrogens with one attached hydrogen (secondary N) is 1. The molecule has 5 nitrogen and oxygen atoms in total. The molecular formula is C14H26N2O3. The highest BCUT2D eigenvalue weighted by Crippen LogP contribution is 2.27. The summed E-state index contributed by atoms with van der Waals surface area (Å²) in [6.45, 7) is 2.47. The van der Waals surface area contributed by atoms with E-state index in [0.717, 1.165) is 18.8 Å². The highest BCUT2D eigenvalue weighted by Gasteiger charge is 2.22. The van der Waals surface area contributed by atoms with Gasteiger partial charge in [-0.05, 0) is 31.6 Å². The Hall–Kier alpha value is -1.26. The summed E-state index contributed by atoms with van der Waals surface area (Å²) in [4.78, 5) is 23.8. The van der Waals surface area contributed by atoms with Crippen LogP contribution in [0.4, 0.5) is 4.79 Å². The standard InChI is InChI=1S/C14H26N2O3/c1-3-4-11-5-7-12(8-6-11)15-14(19)16(2)10-9-13(17)18/h11-12H,3-10H2,1-2H3,(H,15,19)(H,17,18). The zero-order valence-electron chi connectivity index (χ0n) is 12.0. The first-order chi connectivity index (χ1) is 9.02. The van der Waals surface area contributed by atoms with Crippen molar-refractivity contribution in [1.82, 2.24) is 10.2 Å². The van der Waals surface area contributed by atoms with Crippen LogP contribution in [0.2, 0.25) is 0 Å². The van der Waals surface area contributed by atoms with Gasteiger partial charge in [0.15, 0.2) is 0 Å². The van der Waals surface area contributed by atoms with E-state index in [1.807, 2.05) is 0 Å². The van der Waals surface area contributed by atoms with E-state index >= 15 is 0 Å². The number of amides is 2. The van der Waals surface area contributed by atoms with Crippen molar-refractivity contribution in [2.75, 3.05) is 13.6 Å². The molecule has 0 aliphatic heterocycles. The molecule has 0 bridgehead atoms. The normalized spacial score (nSPS) is 22.8. The van der Waals surface area contributed by atoms with E-state index in [2.05, 4.69) is 12.2 Å². The van der Waals surface area contributed by atoms with Crippen molar-refractivity contribution < 1.29 is 14.7 Å². The second-order valence-corrected chi connectivity index (χ2v) is 5.52. The molecule has 5 heteroatoms. The molecule has 1 rings (SSSR count). The average Bonchev–Trinajstić information content (AvgIpc) is 2.38. The minimum absolute atomic E-state index is 0.00678. The van der Waals surface area contributed by atoms with Crippen molar-refractivity contribution in [1.29, 1.82) is 0 Å². The Labute approximate surface area is 115 Å². The lowest BCUT2D eigenvalue weighted by molar-refractivity contribution is -0.137. The van der Waals surface area contributed by atoms with E-state index in [9.17, 15) is 9.59 Å². The molecule has 1 saturated carbocycles. The molecule has 1 aliphatic rings. The molecule has 0 atom stereocenters. The van der Waals surface area contributed by atoms with Crippen LogP contribution in [0.5, 0.6) is 0 Å². The molecule has 1 fully saturated rings. The molecule has 2 N–H and O–H groups in total.